The van der Waals surface area contributed by atoms with E-state index in [9.17, 15) is 5.11 Å². The first-order valence-electron chi connectivity index (χ1n) is 10.6. The number of aliphatic imine (C=N–C) groups is 1. The summed E-state index contributed by atoms with van der Waals surface area (Å²) in [6, 6.07) is 3.81. The van der Waals surface area contributed by atoms with Crippen molar-refractivity contribution >= 4 is 23.0 Å². The number of imidazole rings is 1. The number of piperidine rings is 1. The Bertz CT molecular complexity index is 1210. The molecule has 0 radical (unpaired) electrons. The molecule has 0 bridgehead atoms. The van der Waals surface area contributed by atoms with Crippen LogP contribution >= 0.6 is 0 Å². The molecule has 0 unspecified atom stereocenters. The van der Waals surface area contributed by atoms with Crippen LogP contribution < -0.4 is 5.32 Å². The van der Waals surface area contributed by atoms with Gasteiger partial charge in [0, 0.05) is 35.1 Å². The summed E-state index contributed by atoms with van der Waals surface area (Å²) in [7, 11) is 0. The molecule has 0 aromatic carbocycles. The standard InChI is InChI=1S/C23H27N7O/c1-22(2)9-16(10-23(3,4)29-22)30-13-26-18-8-17(27-28-21(18)30)20-19(31)7-15(12-25-20)14-5-6-24-11-14/h5,7-8,11-13,16,29,31H,6,9-10H2,1-4H3. The molecular weight excluding hydrogens is 390 g/mol. The number of hydrogen-bond acceptors (Lipinski definition) is 7. The van der Waals surface area contributed by atoms with Gasteiger partial charge in [0.15, 0.2) is 5.65 Å². The lowest BCUT2D eigenvalue weighted by Gasteiger charge is -2.46. The van der Waals surface area contributed by atoms with Crippen molar-refractivity contribution in [3.8, 4) is 17.1 Å². The maximum atomic E-state index is 10.6. The molecule has 2 aliphatic heterocycles. The molecular formula is C23H27N7O. The summed E-state index contributed by atoms with van der Waals surface area (Å²) in [5.41, 5.74) is 4.23. The Hall–Kier alpha value is -3.13. The predicted octanol–water partition coefficient (Wildman–Crippen LogP) is 3.54. The number of hydrogen-bond donors (Lipinski definition) is 2. The Labute approximate surface area is 181 Å². The van der Waals surface area contributed by atoms with E-state index in [1.165, 1.54) is 0 Å². The molecule has 5 heterocycles. The van der Waals surface area contributed by atoms with Crippen molar-refractivity contribution in [1.29, 1.82) is 0 Å². The van der Waals surface area contributed by atoms with Crippen molar-refractivity contribution in [2.75, 3.05) is 6.54 Å². The zero-order valence-corrected chi connectivity index (χ0v) is 18.3. The average molecular weight is 418 g/mol. The van der Waals surface area contributed by atoms with Crippen LogP contribution in [-0.4, -0.2) is 53.7 Å². The Kier molecular flexibility index (Phi) is 4.44. The summed E-state index contributed by atoms with van der Waals surface area (Å²) in [6.07, 6.45) is 9.33. The number of pyridine rings is 1. The van der Waals surface area contributed by atoms with Crippen LogP contribution in [0.25, 0.3) is 28.1 Å². The first-order chi connectivity index (χ1) is 14.7. The summed E-state index contributed by atoms with van der Waals surface area (Å²) >= 11 is 0. The lowest BCUT2D eigenvalue weighted by molar-refractivity contribution is 0.134. The molecule has 2 aliphatic rings. The Morgan fingerprint density at radius 3 is 2.52 bits per heavy atom. The van der Waals surface area contributed by atoms with Crippen LogP contribution in [0, 0.1) is 0 Å². The summed E-state index contributed by atoms with van der Waals surface area (Å²) < 4.78 is 2.14. The van der Waals surface area contributed by atoms with Crippen LogP contribution in [0.3, 0.4) is 0 Å². The third-order valence-electron chi connectivity index (χ3n) is 5.97. The molecule has 1 fully saturated rings. The molecule has 3 aromatic rings. The van der Waals surface area contributed by atoms with E-state index >= 15 is 0 Å². The van der Waals surface area contributed by atoms with Crippen molar-refractivity contribution in [3.63, 3.8) is 0 Å². The molecule has 1 saturated heterocycles. The maximum absolute atomic E-state index is 10.6. The molecule has 31 heavy (non-hydrogen) atoms. The highest BCUT2D eigenvalue weighted by molar-refractivity contribution is 6.11. The van der Waals surface area contributed by atoms with Gasteiger partial charge in [-0.3, -0.25) is 4.99 Å². The van der Waals surface area contributed by atoms with Gasteiger partial charge < -0.3 is 15.0 Å². The molecule has 0 spiro atoms. The van der Waals surface area contributed by atoms with Crippen LogP contribution in [0.5, 0.6) is 5.75 Å². The van der Waals surface area contributed by atoms with Gasteiger partial charge in [0.25, 0.3) is 0 Å². The van der Waals surface area contributed by atoms with Gasteiger partial charge in [0.05, 0.1) is 12.9 Å². The van der Waals surface area contributed by atoms with Gasteiger partial charge >= 0.3 is 0 Å². The van der Waals surface area contributed by atoms with E-state index in [2.05, 4.69) is 62.7 Å². The van der Waals surface area contributed by atoms with Crippen molar-refractivity contribution in [2.45, 2.75) is 57.7 Å². The van der Waals surface area contributed by atoms with Gasteiger partial charge in [-0.25, -0.2) is 9.97 Å². The lowest BCUT2D eigenvalue weighted by Crippen LogP contribution is -2.57. The fraction of sp³-hybridized carbons (Fsp3) is 0.435. The molecule has 160 valence electrons. The third-order valence-corrected chi connectivity index (χ3v) is 5.97. The second-order valence-electron chi connectivity index (χ2n) is 9.79. The Balaban J connectivity index is 1.48. The highest BCUT2D eigenvalue weighted by Crippen LogP contribution is 2.37. The van der Waals surface area contributed by atoms with Crippen LogP contribution in [-0.2, 0) is 0 Å². The first kappa shape index (κ1) is 19.8. The minimum absolute atomic E-state index is 0.0211. The summed E-state index contributed by atoms with van der Waals surface area (Å²) in [5.74, 6) is 0.0636. The second-order valence-corrected chi connectivity index (χ2v) is 9.79. The molecule has 0 aliphatic carbocycles. The zero-order chi connectivity index (χ0) is 21.8. The first-order valence-corrected chi connectivity index (χ1v) is 10.6. The molecule has 3 aromatic heterocycles. The van der Waals surface area contributed by atoms with Gasteiger partial charge in [0.1, 0.15) is 22.7 Å². The third kappa shape index (κ3) is 3.72. The number of nitrogens with one attached hydrogen (secondary N) is 1. The van der Waals surface area contributed by atoms with E-state index in [1.807, 2.05) is 18.5 Å². The average Bonchev–Trinajstić information content (AvgIpc) is 3.35. The number of aromatic hydroxyl groups is 1. The zero-order valence-electron chi connectivity index (χ0n) is 18.3. The van der Waals surface area contributed by atoms with E-state index in [0.29, 0.717) is 17.9 Å². The Morgan fingerprint density at radius 2 is 1.84 bits per heavy atom. The topological polar surface area (TPSA) is 101 Å². The second kappa shape index (κ2) is 6.95. The number of nitrogens with zero attached hydrogens (tertiary/aromatic N) is 6. The molecule has 8 heteroatoms. The van der Waals surface area contributed by atoms with Gasteiger partial charge in [-0.1, -0.05) is 6.08 Å². The van der Waals surface area contributed by atoms with Gasteiger partial charge in [-0.05, 0) is 58.2 Å². The smallest absolute Gasteiger partial charge is 0.182 e. The van der Waals surface area contributed by atoms with E-state index in [1.54, 1.807) is 18.5 Å². The van der Waals surface area contributed by atoms with E-state index in [-0.39, 0.29) is 22.9 Å². The van der Waals surface area contributed by atoms with Gasteiger partial charge in [-0.2, -0.15) is 0 Å². The summed E-state index contributed by atoms with van der Waals surface area (Å²) in [6.45, 7) is 9.59. The SMILES string of the molecule is CC1(C)CC(n2cnc3cc(-c4ncc(C5=CCN=C5)cc4O)nnc32)CC(C)(C)N1. The predicted molar refractivity (Wildman–Crippen MR) is 121 cm³/mol. The maximum Gasteiger partial charge on any atom is 0.182 e. The molecule has 0 atom stereocenters. The van der Waals surface area contributed by atoms with Crippen LogP contribution in [0.1, 0.15) is 52.1 Å². The van der Waals surface area contributed by atoms with E-state index in [4.69, 9.17) is 0 Å². The highest BCUT2D eigenvalue weighted by atomic mass is 16.3. The molecule has 5 rings (SSSR count). The van der Waals surface area contributed by atoms with Crippen LogP contribution in [0.2, 0.25) is 0 Å². The number of allylic oxidation sites excluding steroid dienone is 1. The van der Waals surface area contributed by atoms with Crippen molar-refractivity contribution in [2.24, 2.45) is 4.99 Å². The molecule has 0 amide bonds. The molecule has 8 nitrogen and oxygen atoms in total. The summed E-state index contributed by atoms with van der Waals surface area (Å²) in [4.78, 5) is 13.2. The van der Waals surface area contributed by atoms with Crippen LogP contribution in [0.15, 0.2) is 35.7 Å². The fourth-order valence-electron chi connectivity index (χ4n) is 5.04. The van der Waals surface area contributed by atoms with E-state index in [0.717, 1.165) is 35.1 Å². The quantitative estimate of drug-likeness (QED) is 0.676. The van der Waals surface area contributed by atoms with Crippen molar-refractivity contribution in [3.05, 3.63) is 36.3 Å². The minimum Gasteiger partial charge on any atom is -0.506 e. The van der Waals surface area contributed by atoms with Crippen LogP contribution in [0.4, 0.5) is 0 Å². The highest BCUT2D eigenvalue weighted by Gasteiger charge is 2.39. The number of rotatable bonds is 3. The van der Waals surface area contributed by atoms with Gasteiger partial charge in [0.2, 0.25) is 0 Å². The van der Waals surface area contributed by atoms with Crippen molar-refractivity contribution < 1.29 is 5.11 Å². The largest absolute Gasteiger partial charge is 0.506 e. The molecule has 0 saturated carbocycles. The Morgan fingerprint density at radius 1 is 1.06 bits per heavy atom. The van der Waals surface area contributed by atoms with E-state index < -0.39 is 0 Å². The minimum atomic E-state index is 0.0211. The lowest BCUT2D eigenvalue weighted by atomic mass is 9.79. The molecule has 2 N–H and O–H groups in total. The number of aromatic nitrogens is 5. The summed E-state index contributed by atoms with van der Waals surface area (Å²) in [5, 5.41) is 23.1. The fourth-order valence-corrected chi connectivity index (χ4v) is 5.04. The van der Waals surface area contributed by atoms with Crippen molar-refractivity contribution in [1.82, 2.24) is 30.0 Å². The number of fused-ring (bicyclic) bond motifs is 1. The van der Waals surface area contributed by atoms with Gasteiger partial charge in [-0.15, -0.1) is 10.2 Å². The monoisotopic (exact) mass is 417 g/mol. The normalized spacial score (nSPS) is 20.3.